The number of para-hydroxylation sites is 1. The van der Waals surface area contributed by atoms with E-state index in [4.69, 9.17) is 21.6 Å². The van der Waals surface area contributed by atoms with Gasteiger partial charge in [-0.3, -0.25) is 4.79 Å². The first-order valence-corrected chi connectivity index (χ1v) is 12.1. The first kappa shape index (κ1) is 24.8. The van der Waals surface area contributed by atoms with Gasteiger partial charge in [-0.1, -0.05) is 41.6 Å². The third-order valence-corrected chi connectivity index (χ3v) is 6.04. The van der Waals surface area contributed by atoms with Gasteiger partial charge in [-0.15, -0.1) is 10.2 Å². The van der Waals surface area contributed by atoms with Crippen molar-refractivity contribution in [2.24, 2.45) is 0 Å². The molecule has 0 saturated heterocycles. The largest absolute Gasteiger partial charge is 0.382 e. The summed E-state index contributed by atoms with van der Waals surface area (Å²) in [5, 5.41) is 19.1. The molecule has 7 nitrogen and oxygen atoms in total. The SMILES string of the molecule is CCOCCCn1c(SCC(=O)N(CCC#N)c2ccccc2)nnc1-c1ccc(Cl)cc1. The van der Waals surface area contributed by atoms with Gasteiger partial charge in [0.05, 0.1) is 18.2 Å². The number of rotatable bonds is 12. The fourth-order valence-corrected chi connectivity index (χ4v) is 4.22. The molecule has 1 aromatic heterocycles. The van der Waals surface area contributed by atoms with E-state index in [1.807, 2.05) is 66.1 Å². The fourth-order valence-electron chi connectivity index (χ4n) is 3.25. The van der Waals surface area contributed by atoms with Crippen molar-refractivity contribution in [3.05, 3.63) is 59.6 Å². The van der Waals surface area contributed by atoms with Crippen LogP contribution in [0.3, 0.4) is 0 Å². The van der Waals surface area contributed by atoms with Crippen molar-refractivity contribution < 1.29 is 9.53 Å². The van der Waals surface area contributed by atoms with E-state index in [9.17, 15) is 4.79 Å². The highest BCUT2D eigenvalue weighted by Gasteiger charge is 2.19. The van der Waals surface area contributed by atoms with Crippen molar-refractivity contribution in [1.82, 2.24) is 14.8 Å². The molecule has 0 saturated carbocycles. The molecule has 1 amide bonds. The van der Waals surface area contributed by atoms with Crippen molar-refractivity contribution in [3.63, 3.8) is 0 Å². The van der Waals surface area contributed by atoms with Crippen molar-refractivity contribution >= 4 is 35.0 Å². The molecular weight excluding hydrogens is 458 g/mol. The van der Waals surface area contributed by atoms with Crippen molar-refractivity contribution in [3.8, 4) is 17.5 Å². The van der Waals surface area contributed by atoms with Crippen LogP contribution >= 0.6 is 23.4 Å². The van der Waals surface area contributed by atoms with Gasteiger partial charge < -0.3 is 14.2 Å². The second kappa shape index (κ2) is 13.0. The van der Waals surface area contributed by atoms with Crippen LogP contribution in [0.4, 0.5) is 5.69 Å². The Morgan fingerprint density at radius 2 is 1.94 bits per heavy atom. The Bertz CT molecular complexity index is 1070. The van der Waals surface area contributed by atoms with Crippen molar-refractivity contribution in [2.75, 3.05) is 30.4 Å². The number of carbonyl (C=O) groups is 1. The highest BCUT2D eigenvalue weighted by atomic mass is 35.5. The number of hydrogen-bond donors (Lipinski definition) is 0. The molecule has 0 aliphatic carbocycles. The number of carbonyl (C=O) groups excluding carboxylic acids is 1. The van der Waals surface area contributed by atoms with Crippen LogP contribution in [0.2, 0.25) is 5.02 Å². The van der Waals surface area contributed by atoms with Gasteiger partial charge in [-0.2, -0.15) is 5.26 Å². The lowest BCUT2D eigenvalue weighted by Gasteiger charge is -2.21. The molecule has 3 aromatic rings. The number of benzene rings is 2. The number of thioether (sulfide) groups is 1. The molecule has 0 aliphatic rings. The minimum Gasteiger partial charge on any atom is -0.382 e. The Hall–Kier alpha value is -2.86. The minimum atomic E-state index is -0.0849. The van der Waals surface area contributed by atoms with E-state index in [1.54, 1.807) is 4.90 Å². The highest BCUT2D eigenvalue weighted by Crippen LogP contribution is 2.26. The molecule has 0 spiro atoms. The third kappa shape index (κ3) is 7.06. The standard InChI is InChI=1S/C24H26ClN5O2S/c1-2-32-17-7-16-30-23(19-10-12-20(25)13-11-19)27-28-24(30)33-18-22(31)29(15-6-14-26)21-8-4-3-5-9-21/h3-5,8-13H,2,6-7,15-18H2,1H3. The van der Waals surface area contributed by atoms with E-state index in [-0.39, 0.29) is 18.1 Å². The topological polar surface area (TPSA) is 84.0 Å². The molecule has 2 aromatic carbocycles. The van der Waals surface area contributed by atoms with Gasteiger partial charge in [-0.05, 0) is 49.7 Å². The summed E-state index contributed by atoms with van der Waals surface area (Å²) in [5.41, 5.74) is 1.68. The summed E-state index contributed by atoms with van der Waals surface area (Å²) in [6.07, 6.45) is 1.06. The van der Waals surface area contributed by atoms with Crippen LogP contribution in [0.15, 0.2) is 59.8 Å². The molecule has 0 unspecified atom stereocenters. The van der Waals surface area contributed by atoms with Gasteiger partial charge in [0.15, 0.2) is 11.0 Å². The molecule has 9 heteroatoms. The summed E-state index contributed by atoms with van der Waals surface area (Å²) >= 11 is 7.38. The van der Waals surface area contributed by atoms with Crippen LogP contribution in [0, 0.1) is 11.3 Å². The van der Waals surface area contributed by atoms with Crippen molar-refractivity contribution in [2.45, 2.75) is 31.5 Å². The molecule has 0 fully saturated rings. The Balaban J connectivity index is 1.77. The average molecular weight is 484 g/mol. The molecule has 3 rings (SSSR count). The molecule has 172 valence electrons. The Morgan fingerprint density at radius 1 is 1.18 bits per heavy atom. The number of aromatic nitrogens is 3. The summed E-state index contributed by atoms with van der Waals surface area (Å²) in [5.74, 6) is 0.825. The Kier molecular flexibility index (Phi) is 9.76. The highest BCUT2D eigenvalue weighted by molar-refractivity contribution is 7.99. The Morgan fingerprint density at radius 3 is 2.64 bits per heavy atom. The number of hydrogen-bond acceptors (Lipinski definition) is 6. The lowest BCUT2D eigenvalue weighted by Crippen LogP contribution is -2.33. The second-order valence-electron chi connectivity index (χ2n) is 7.09. The van der Waals surface area contributed by atoms with Crippen LogP contribution in [0.5, 0.6) is 0 Å². The van der Waals surface area contributed by atoms with E-state index in [2.05, 4.69) is 16.3 Å². The quantitative estimate of drug-likeness (QED) is 0.264. The molecule has 1 heterocycles. The first-order valence-electron chi connectivity index (χ1n) is 10.8. The molecule has 0 bridgehead atoms. The van der Waals surface area contributed by atoms with Gasteiger partial charge in [-0.25, -0.2) is 0 Å². The van der Waals surface area contributed by atoms with Gasteiger partial charge in [0.2, 0.25) is 5.91 Å². The zero-order valence-corrected chi connectivity index (χ0v) is 20.1. The second-order valence-corrected chi connectivity index (χ2v) is 8.47. The zero-order chi connectivity index (χ0) is 23.5. The summed E-state index contributed by atoms with van der Waals surface area (Å²) in [6, 6.07) is 19.0. The predicted octanol–water partition coefficient (Wildman–Crippen LogP) is 5.06. The monoisotopic (exact) mass is 483 g/mol. The van der Waals surface area contributed by atoms with Gasteiger partial charge in [0.1, 0.15) is 0 Å². The molecule has 33 heavy (non-hydrogen) atoms. The molecular formula is C24H26ClN5O2S. The summed E-state index contributed by atoms with van der Waals surface area (Å²) in [4.78, 5) is 14.7. The van der Waals surface area contributed by atoms with Crippen LogP contribution in [-0.2, 0) is 16.1 Å². The van der Waals surface area contributed by atoms with Crippen LogP contribution in [0.1, 0.15) is 19.8 Å². The predicted molar refractivity (Wildman–Crippen MR) is 131 cm³/mol. The first-order chi connectivity index (χ1) is 16.1. The van der Waals surface area contributed by atoms with E-state index in [0.717, 1.165) is 23.5 Å². The maximum Gasteiger partial charge on any atom is 0.237 e. The number of nitrogens with zero attached hydrogens (tertiary/aromatic N) is 5. The molecule has 0 atom stereocenters. The Labute approximate surface area is 203 Å². The maximum absolute atomic E-state index is 13.1. The van der Waals surface area contributed by atoms with Crippen LogP contribution in [-0.4, -0.2) is 46.2 Å². The van der Waals surface area contributed by atoms with E-state index in [1.165, 1.54) is 11.8 Å². The maximum atomic E-state index is 13.1. The number of ether oxygens (including phenoxy) is 1. The van der Waals surface area contributed by atoms with Crippen LogP contribution in [0.25, 0.3) is 11.4 Å². The molecule has 0 N–H and O–H groups in total. The molecule has 0 aliphatic heterocycles. The summed E-state index contributed by atoms with van der Waals surface area (Å²) < 4.78 is 7.50. The van der Waals surface area contributed by atoms with Crippen LogP contribution < -0.4 is 4.90 Å². The minimum absolute atomic E-state index is 0.0849. The lowest BCUT2D eigenvalue weighted by atomic mass is 10.2. The van der Waals surface area contributed by atoms with Gasteiger partial charge >= 0.3 is 0 Å². The van der Waals surface area contributed by atoms with E-state index in [0.29, 0.717) is 36.5 Å². The van der Waals surface area contributed by atoms with E-state index >= 15 is 0 Å². The molecule has 0 radical (unpaired) electrons. The summed E-state index contributed by atoms with van der Waals surface area (Å²) in [6.45, 7) is 4.28. The number of amides is 1. The normalized spacial score (nSPS) is 10.7. The number of nitriles is 1. The van der Waals surface area contributed by atoms with Gasteiger partial charge in [0, 0.05) is 42.6 Å². The third-order valence-electron chi connectivity index (χ3n) is 4.83. The fraction of sp³-hybridized carbons (Fsp3) is 0.333. The van der Waals surface area contributed by atoms with E-state index < -0.39 is 0 Å². The van der Waals surface area contributed by atoms with Gasteiger partial charge in [0.25, 0.3) is 0 Å². The zero-order valence-electron chi connectivity index (χ0n) is 18.5. The number of anilines is 1. The number of halogens is 1. The average Bonchev–Trinajstić information content (AvgIpc) is 3.24. The van der Waals surface area contributed by atoms with Crippen molar-refractivity contribution in [1.29, 1.82) is 5.26 Å². The smallest absolute Gasteiger partial charge is 0.237 e. The summed E-state index contributed by atoms with van der Waals surface area (Å²) in [7, 11) is 0. The lowest BCUT2D eigenvalue weighted by molar-refractivity contribution is -0.116.